The molecule has 0 saturated heterocycles. The van der Waals surface area contributed by atoms with Crippen LogP contribution in [-0.2, 0) is 11.3 Å². The molecule has 0 fully saturated rings. The first-order chi connectivity index (χ1) is 10.2. The highest BCUT2D eigenvalue weighted by molar-refractivity contribution is 9.10. The molecule has 3 N–H and O–H groups in total. The summed E-state index contributed by atoms with van der Waals surface area (Å²) in [6.07, 6.45) is 2.34. The number of carbonyl (C=O) groups is 1. The average Bonchev–Trinajstić information content (AvgIpc) is 2.95. The Morgan fingerprint density at radius 1 is 1.38 bits per heavy atom. The van der Waals surface area contributed by atoms with Crippen molar-refractivity contribution in [2.75, 3.05) is 18.9 Å². The second-order valence-corrected chi connectivity index (χ2v) is 5.39. The van der Waals surface area contributed by atoms with Crippen molar-refractivity contribution in [2.45, 2.75) is 13.0 Å². The zero-order valence-corrected chi connectivity index (χ0v) is 13.1. The summed E-state index contributed by atoms with van der Waals surface area (Å²) < 4.78 is 11.4. The van der Waals surface area contributed by atoms with Crippen LogP contribution in [0, 0.1) is 0 Å². The standard InChI is InChI=1S/C15H17BrN2O3/c16-11-4-5-13(14(17)9-11)15(19)18-6-2-7-20-10-12-3-1-8-21-12/h1,3-5,8-9H,2,6-7,10,17H2,(H,18,19). The number of rotatable bonds is 7. The molecule has 112 valence electrons. The van der Waals surface area contributed by atoms with Crippen molar-refractivity contribution in [1.29, 1.82) is 0 Å². The van der Waals surface area contributed by atoms with E-state index in [0.717, 1.165) is 16.7 Å². The fourth-order valence-corrected chi connectivity index (χ4v) is 2.16. The van der Waals surface area contributed by atoms with Gasteiger partial charge >= 0.3 is 0 Å². The Balaban J connectivity index is 1.65. The van der Waals surface area contributed by atoms with Crippen LogP contribution in [0.3, 0.4) is 0 Å². The molecule has 0 radical (unpaired) electrons. The van der Waals surface area contributed by atoms with Crippen LogP contribution in [0.2, 0.25) is 0 Å². The third kappa shape index (κ3) is 4.91. The summed E-state index contributed by atoms with van der Waals surface area (Å²) in [5.41, 5.74) is 6.74. The van der Waals surface area contributed by atoms with E-state index in [1.54, 1.807) is 24.5 Å². The van der Waals surface area contributed by atoms with E-state index in [9.17, 15) is 4.79 Å². The largest absolute Gasteiger partial charge is 0.467 e. The van der Waals surface area contributed by atoms with Crippen LogP contribution >= 0.6 is 15.9 Å². The predicted molar refractivity (Wildman–Crippen MR) is 83.9 cm³/mol. The number of anilines is 1. The maximum Gasteiger partial charge on any atom is 0.253 e. The van der Waals surface area contributed by atoms with Crippen LogP contribution in [0.4, 0.5) is 5.69 Å². The maximum atomic E-state index is 11.9. The lowest BCUT2D eigenvalue weighted by Crippen LogP contribution is -2.26. The van der Waals surface area contributed by atoms with Gasteiger partial charge in [0, 0.05) is 23.3 Å². The smallest absolute Gasteiger partial charge is 0.253 e. The molecular weight excluding hydrogens is 336 g/mol. The van der Waals surface area contributed by atoms with Gasteiger partial charge in [-0.3, -0.25) is 4.79 Å². The number of amides is 1. The number of hydrogen-bond donors (Lipinski definition) is 2. The molecule has 0 bridgehead atoms. The Morgan fingerprint density at radius 3 is 2.95 bits per heavy atom. The van der Waals surface area contributed by atoms with E-state index >= 15 is 0 Å². The highest BCUT2D eigenvalue weighted by Gasteiger charge is 2.08. The van der Waals surface area contributed by atoms with E-state index < -0.39 is 0 Å². The molecule has 0 spiro atoms. The quantitative estimate of drug-likeness (QED) is 0.593. The number of halogens is 1. The van der Waals surface area contributed by atoms with Gasteiger partial charge in [-0.05, 0) is 36.8 Å². The fourth-order valence-electron chi connectivity index (χ4n) is 1.78. The Kier molecular flexibility index (Phi) is 5.83. The van der Waals surface area contributed by atoms with E-state index in [4.69, 9.17) is 14.9 Å². The van der Waals surface area contributed by atoms with Crippen molar-refractivity contribution < 1.29 is 13.9 Å². The van der Waals surface area contributed by atoms with Gasteiger partial charge in [0.2, 0.25) is 0 Å². The molecule has 0 saturated carbocycles. The van der Waals surface area contributed by atoms with E-state index in [1.165, 1.54) is 0 Å². The second-order valence-electron chi connectivity index (χ2n) is 4.47. The molecule has 0 atom stereocenters. The summed E-state index contributed by atoms with van der Waals surface area (Å²) in [7, 11) is 0. The zero-order valence-electron chi connectivity index (χ0n) is 11.5. The number of nitrogens with two attached hydrogens (primary N) is 1. The highest BCUT2D eigenvalue weighted by Crippen LogP contribution is 2.18. The van der Waals surface area contributed by atoms with Gasteiger partial charge in [0.15, 0.2) is 0 Å². The molecule has 6 heteroatoms. The minimum atomic E-state index is -0.175. The first-order valence-corrected chi connectivity index (χ1v) is 7.39. The fraction of sp³-hybridized carbons (Fsp3) is 0.267. The average molecular weight is 353 g/mol. The van der Waals surface area contributed by atoms with E-state index in [2.05, 4.69) is 21.2 Å². The lowest BCUT2D eigenvalue weighted by molar-refractivity contribution is 0.0917. The monoisotopic (exact) mass is 352 g/mol. The number of benzene rings is 1. The summed E-state index contributed by atoms with van der Waals surface area (Å²) >= 11 is 3.31. The summed E-state index contributed by atoms with van der Waals surface area (Å²) in [6, 6.07) is 8.88. The van der Waals surface area contributed by atoms with Crippen molar-refractivity contribution >= 4 is 27.5 Å². The minimum absolute atomic E-state index is 0.175. The number of nitrogen functional groups attached to an aromatic ring is 1. The molecule has 1 amide bonds. The predicted octanol–water partition coefficient (Wildman–Crippen LogP) is 2.96. The third-order valence-corrected chi connectivity index (χ3v) is 3.33. The van der Waals surface area contributed by atoms with E-state index in [-0.39, 0.29) is 5.91 Å². The molecular formula is C15H17BrN2O3. The Bertz CT molecular complexity index is 585. The topological polar surface area (TPSA) is 77.5 Å². The molecule has 0 aliphatic heterocycles. The number of furan rings is 1. The summed E-state index contributed by atoms with van der Waals surface area (Å²) in [4.78, 5) is 11.9. The van der Waals surface area contributed by atoms with Gasteiger partial charge in [0.25, 0.3) is 5.91 Å². The minimum Gasteiger partial charge on any atom is -0.467 e. The third-order valence-electron chi connectivity index (χ3n) is 2.83. The van der Waals surface area contributed by atoms with Crippen LogP contribution in [0.15, 0.2) is 45.5 Å². The molecule has 1 aromatic heterocycles. The normalized spacial score (nSPS) is 10.5. The van der Waals surface area contributed by atoms with E-state index in [0.29, 0.717) is 31.0 Å². The number of hydrogen-bond acceptors (Lipinski definition) is 4. The van der Waals surface area contributed by atoms with Gasteiger partial charge in [0.1, 0.15) is 12.4 Å². The first kappa shape index (κ1) is 15.6. The lowest BCUT2D eigenvalue weighted by Gasteiger charge is -2.08. The highest BCUT2D eigenvalue weighted by atomic mass is 79.9. The van der Waals surface area contributed by atoms with Crippen molar-refractivity contribution in [3.05, 3.63) is 52.4 Å². The number of nitrogens with one attached hydrogen (secondary N) is 1. The van der Waals surface area contributed by atoms with Gasteiger partial charge in [-0.1, -0.05) is 15.9 Å². The summed E-state index contributed by atoms with van der Waals surface area (Å²) in [5, 5.41) is 2.82. The SMILES string of the molecule is Nc1cc(Br)ccc1C(=O)NCCCOCc1ccco1. The molecule has 2 aromatic rings. The van der Waals surface area contributed by atoms with Crippen LogP contribution in [0.1, 0.15) is 22.5 Å². The molecule has 21 heavy (non-hydrogen) atoms. The van der Waals surface area contributed by atoms with Gasteiger partial charge in [-0.25, -0.2) is 0 Å². The molecule has 0 unspecified atom stereocenters. The molecule has 5 nitrogen and oxygen atoms in total. The molecule has 1 aromatic carbocycles. The Morgan fingerprint density at radius 2 is 2.24 bits per heavy atom. The van der Waals surface area contributed by atoms with Crippen LogP contribution in [-0.4, -0.2) is 19.1 Å². The Hall–Kier alpha value is -1.79. The van der Waals surface area contributed by atoms with Crippen molar-refractivity contribution in [3.8, 4) is 0 Å². The molecule has 2 rings (SSSR count). The van der Waals surface area contributed by atoms with Gasteiger partial charge in [-0.15, -0.1) is 0 Å². The van der Waals surface area contributed by atoms with Crippen LogP contribution in [0.5, 0.6) is 0 Å². The van der Waals surface area contributed by atoms with Crippen molar-refractivity contribution in [3.63, 3.8) is 0 Å². The molecule has 0 aliphatic rings. The first-order valence-electron chi connectivity index (χ1n) is 6.60. The summed E-state index contributed by atoms with van der Waals surface area (Å²) in [6.45, 7) is 1.53. The zero-order chi connectivity index (χ0) is 15.1. The molecule has 1 heterocycles. The summed E-state index contributed by atoms with van der Waals surface area (Å²) in [5.74, 6) is 0.618. The van der Waals surface area contributed by atoms with Crippen LogP contribution in [0.25, 0.3) is 0 Å². The van der Waals surface area contributed by atoms with Crippen molar-refractivity contribution in [2.24, 2.45) is 0 Å². The van der Waals surface area contributed by atoms with Crippen LogP contribution < -0.4 is 11.1 Å². The van der Waals surface area contributed by atoms with E-state index in [1.807, 2.05) is 12.1 Å². The number of carbonyl (C=O) groups excluding carboxylic acids is 1. The number of ether oxygens (including phenoxy) is 1. The van der Waals surface area contributed by atoms with Crippen molar-refractivity contribution in [1.82, 2.24) is 5.32 Å². The lowest BCUT2D eigenvalue weighted by atomic mass is 10.1. The maximum absolute atomic E-state index is 11.9. The Labute approximate surface area is 131 Å². The van der Waals surface area contributed by atoms with Gasteiger partial charge in [0.05, 0.1) is 11.8 Å². The second kappa shape index (κ2) is 7.85. The van der Waals surface area contributed by atoms with Gasteiger partial charge in [-0.2, -0.15) is 0 Å². The van der Waals surface area contributed by atoms with Gasteiger partial charge < -0.3 is 20.2 Å². The molecule has 0 aliphatic carbocycles.